The number of rotatable bonds is 3. The van der Waals surface area contributed by atoms with Crippen LogP contribution >= 0.6 is 11.6 Å². The molecule has 0 saturated carbocycles. The van der Waals surface area contributed by atoms with Gasteiger partial charge in [0.15, 0.2) is 0 Å². The third kappa shape index (κ3) is 4.10. The molecule has 1 nitrogen and oxygen atoms in total. The van der Waals surface area contributed by atoms with Crippen LogP contribution in [0.15, 0.2) is 0 Å². The van der Waals surface area contributed by atoms with E-state index in [2.05, 4.69) is 0 Å². The van der Waals surface area contributed by atoms with Crippen molar-refractivity contribution >= 4 is 11.6 Å². The van der Waals surface area contributed by atoms with Crippen LogP contribution in [0.5, 0.6) is 0 Å². The Balaban J connectivity index is 2.83. The van der Waals surface area contributed by atoms with Crippen LogP contribution in [0.3, 0.4) is 0 Å². The van der Waals surface area contributed by atoms with Crippen LogP contribution in [-0.4, -0.2) is 17.6 Å². The van der Waals surface area contributed by atoms with E-state index < -0.39 is 0 Å². The number of hydrogen-bond donors (Lipinski definition) is 1. The molecule has 0 rings (SSSR count). The van der Waals surface area contributed by atoms with E-state index in [1.54, 1.807) is 0 Å². The van der Waals surface area contributed by atoms with E-state index in [1.807, 2.05) is 6.92 Å². The third-order valence-electron chi connectivity index (χ3n) is 0.885. The van der Waals surface area contributed by atoms with Crippen molar-refractivity contribution in [2.75, 3.05) is 12.5 Å². The van der Waals surface area contributed by atoms with Crippen LogP contribution < -0.4 is 0 Å². The van der Waals surface area contributed by atoms with Crippen LogP contribution in [0.1, 0.15) is 13.3 Å². The fourth-order valence-electron chi connectivity index (χ4n) is 0.298. The van der Waals surface area contributed by atoms with Gasteiger partial charge in [0.25, 0.3) is 0 Å². The molecule has 0 unspecified atom stereocenters. The lowest BCUT2D eigenvalue weighted by atomic mass is 10.1. The van der Waals surface area contributed by atoms with Gasteiger partial charge in [-0.15, -0.1) is 11.6 Å². The molecule has 0 spiro atoms. The minimum Gasteiger partial charge on any atom is -0.396 e. The third-order valence-corrected chi connectivity index (χ3v) is 1.41. The van der Waals surface area contributed by atoms with E-state index in [0.29, 0.717) is 11.8 Å². The molecule has 0 fully saturated rings. The first-order chi connectivity index (χ1) is 3.31. The van der Waals surface area contributed by atoms with Gasteiger partial charge in [-0.05, 0) is 12.3 Å². The van der Waals surface area contributed by atoms with E-state index >= 15 is 0 Å². The number of aliphatic hydroxyl groups excluding tert-OH is 1. The zero-order chi connectivity index (χ0) is 5.70. The Labute approximate surface area is 49.3 Å². The van der Waals surface area contributed by atoms with Crippen molar-refractivity contribution in [3.63, 3.8) is 0 Å². The fraction of sp³-hybridized carbons (Fsp3) is 1.00. The van der Waals surface area contributed by atoms with Crippen molar-refractivity contribution in [2.45, 2.75) is 13.3 Å². The Kier molecular flexibility index (Phi) is 4.57. The summed E-state index contributed by atoms with van der Waals surface area (Å²) in [5.74, 6) is 1.12. The lowest BCUT2D eigenvalue weighted by molar-refractivity contribution is 0.268. The van der Waals surface area contributed by atoms with Crippen LogP contribution in [0, 0.1) is 5.92 Å². The molecule has 0 aliphatic heterocycles. The predicted octanol–water partition coefficient (Wildman–Crippen LogP) is 1.24. The van der Waals surface area contributed by atoms with E-state index in [9.17, 15) is 0 Å². The first-order valence-electron chi connectivity index (χ1n) is 2.48. The normalized spacial score (nSPS) is 14.1. The van der Waals surface area contributed by atoms with Crippen LogP contribution in [0.25, 0.3) is 0 Å². The Morgan fingerprint density at radius 2 is 2.29 bits per heavy atom. The molecular weight excluding hydrogens is 112 g/mol. The molecule has 0 heterocycles. The minimum absolute atomic E-state index is 0.258. The summed E-state index contributed by atoms with van der Waals surface area (Å²) in [5, 5.41) is 8.31. The van der Waals surface area contributed by atoms with E-state index in [0.717, 1.165) is 6.42 Å². The Morgan fingerprint density at radius 1 is 1.71 bits per heavy atom. The standard InChI is InChI=1S/C5H11ClO/c1-5(4-6)2-3-7/h5,7H,2-4H2,1H3/t5-/m0/s1. The summed E-state index contributed by atoms with van der Waals surface area (Å²) in [5.41, 5.74) is 0. The highest BCUT2D eigenvalue weighted by atomic mass is 35.5. The predicted molar refractivity (Wildman–Crippen MR) is 31.6 cm³/mol. The second kappa shape index (κ2) is 4.41. The smallest absolute Gasteiger partial charge is 0.0433 e. The van der Waals surface area contributed by atoms with Crippen molar-refractivity contribution in [3.8, 4) is 0 Å². The molecule has 2 heteroatoms. The Hall–Kier alpha value is 0.250. The van der Waals surface area contributed by atoms with E-state index in [-0.39, 0.29) is 6.61 Å². The molecule has 1 N–H and O–H groups in total. The zero-order valence-electron chi connectivity index (χ0n) is 4.52. The Morgan fingerprint density at radius 3 is 2.43 bits per heavy atom. The fourth-order valence-corrected chi connectivity index (χ4v) is 0.452. The average Bonchev–Trinajstić information content (AvgIpc) is 1.68. The molecule has 0 radical (unpaired) electrons. The first-order valence-corrected chi connectivity index (χ1v) is 3.01. The summed E-state index contributed by atoms with van der Waals surface area (Å²) in [6.45, 7) is 2.27. The molecule has 0 bridgehead atoms. The van der Waals surface area contributed by atoms with Gasteiger partial charge in [0, 0.05) is 12.5 Å². The van der Waals surface area contributed by atoms with E-state index in [4.69, 9.17) is 16.7 Å². The average molecular weight is 123 g/mol. The molecule has 0 aliphatic carbocycles. The van der Waals surface area contributed by atoms with Gasteiger partial charge in [0.2, 0.25) is 0 Å². The first kappa shape index (κ1) is 7.25. The maximum Gasteiger partial charge on any atom is 0.0433 e. The van der Waals surface area contributed by atoms with Gasteiger partial charge in [-0.3, -0.25) is 0 Å². The molecule has 44 valence electrons. The van der Waals surface area contributed by atoms with Gasteiger partial charge in [0.05, 0.1) is 0 Å². The minimum atomic E-state index is 0.258. The summed E-state index contributed by atoms with van der Waals surface area (Å²) in [6.07, 6.45) is 0.823. The highest BCUT2D eigenvalue weighted by Crippen LogP contribution is 2.01. The van der Waals surface area contributed by atoms with Gasteiger partial charge in [-0.1, -0.05) is 6.92 Å². The maximum atomic E-state index is 8.31. The maximum absolute atomic E-state index is 8.31. The van der Waals surface area contributed by atoms with Crippen LogP contribution in [-0.2, 0) is 0 Å². The second-order valence-corrected chi connectivity index (χ2v) is 2.08. The molecule has 0 aromatic carbocycles. The largest absolute Gasteiger partial charge is 0.396 e. The van der Waals surface area contributed by atoms with Crippen molar-refractivity contribution in [1.82, 2.24) is 0 Å². The highest BCUT2D eigenvalue weighted by Gasteiger charge is 1.95. The lowest BCUT2D eigenvalue weighted by Gasteiger charge is -2.00. The van der Waals surface area contributed by atoms with Gasteiger partial charge in [-0.2, -0.15) is 0 Å². The molecule has 0 amide bonds. The quantitative estimate of drug-likeness (QED) is 0.559. The van der Waals surface area contributed by atoms with Gasteiger partial charge < -0.3 is 5.11 Å². The molecule has 0 saturated heterocycles. The SMILES string of the molecule is C[C@H](CCl)CCO. The van der Waals surface area contributed by atoms with Crippen LogP contribution in [0.4, 0.5) is 0 Å². The highest BCUT2D eigenvalue weighted by molar-refractivity contribution is 6.18. The molecular formula is C5H11ClO. The van der Waals surface area contributed by atoms with E-state index in [1.165, 1.54) is 0 Å². The number of hydrogen-bond acceptors (Lipinski definition) is 1. The lowest BCUT2D eigenvalue weighted by Crippen LogP contribution is -1.97. The van der Waals surface area contributed by atoms with Crippen molar-refractivity contribution in [3.05, 3.63) is 0 Å². The Bertz CT molecular complexity index is 39.1. The molecule has 0 aromatic heterocycles. The second-order valence-electron chi connectivity index (χ2n) is 1.77. The van der Waals surface area contributed by atoms with Crippen LogP contribution in [0.2, 0.25) is 0 Å². The van der Waals surface area contributed by atoms with Crippen molar-refractivity contribution < 1.29 is 5.11 Å². The summed E-state index contributed by atoms with van der Waals surface area (Å²) >= 11 is 5.42. The molecule has 1 atom stereocenters. The molecule has 0 aromatic rings. The van der Waals surface area contributed by atoms with Gasteiger partial charge in [0.1, 0.15) is 0 Å². The number of aliphatic hydroxyl groups is 1. The zero-order valence-corrected chi connectivity index (χ0v) is 5.28. The molecule has 0 aliphatic rings. The topological polar surface area (TPSA) is 20.2 Å². The summed E-state index contributed by atoms with van der Waals surface area (Å²) in [7, 11) is 0. The number of halogens is 1. The van der Waals surface area contributed by atoms with Crippen molar-refractivity contribution in [1.29, 1.82) is 0 Å². The molecule has 7 heavy (non-hydrogen) atoms. The monoisotopic (exact) mass is 122 g/mol. The van der Waals surface area contributed by atoms with Gasteiger partial charge in [-0.25, -0.2) is 0 Å². The number of alkyl halides is 1. The van der Waals surface area contributed by atoms with Gasteiger partial charge >= 0.3 is 0 Å². The summed E-state index contributed by atoms with van der Waals surface area (Å²) < 4.78 is 0. The van der Waals surface area contributed by atoms with Crippen molar-refractivity contribution in [2.24, 2.45) is 5.92 Å². The summed E-state index contributed by atoms with van der Waals surface area (Å²) in [6, 6.07) is 0. The summed E-state index contributed by atoms with van der Waals surface area (Å²) in [4.78, 5) is 0.